The maximum absolute atomic E-state index is 14.3. The van der Waals surface area contributed by atoms with Crippen LogP contribution in [0.25, 0.3) is 22.4 Å². The number of fused-ring (bicyclic) bond motifs is 1. The van der Waals surface area contributed by atoms with Gasteiger partial charge in [0.25, 0.3) is 0 Å². The molecule has 0 saturated carbocycles. The first-order valence-corrected chi connectivity index (χ1v) is 10.2. The van der Waals surface area contributed by atoms with E-state index in [0.717, 1.165) is 31.0 Å². The van der Waals surface area contributed by atoms with Crippen molar-refractivity contribution in [3.8, 4) is 11.4 Å². The molecule has 4 rings (SSSR count). The molecular formula is C21H22ClFN6O. The number of aromatic amines is 1. The molecule has 3 aromatic heterocycles. The summed E-state index contributed by atoms with van der Waals surface area (Å²) < 4.78 is 14.3. The van der Waals surface area contributed by atoms with Gasteiger partial charge in [-0.25, -0.2) is 19.3 Å². The van der Waals surface area contributed by atoms with Gasteiger partial charge in [-0.2, -0.15) is 0 Å². The molecule has 0 spiro atoms. The Hall–Kier alpha value is -3.00. The zero-order valence-electron chi connectivity index (χ0n) is 16.4. The highest BCUT2D eigenvalue weighted by Gasteiger charge is 2.23. The standard InChI is InChI=1S/C21H22ClFN6O/c1-2-4-18(30)29-6-3-5-13(12-29)8-24-21-17(23)11-27-20(28-21)16-10-26-19-15(16)7-14(22)9-25-19/h2,7,9-11,13H,1,3-6,8,12H2,(H,25,26)(H,24,27,28)/t13-/m0/s1. The molecule has 1 fully saturated rings. The molecule has 0 radical (unpaired) electrons. The van der Waals surface area contributed by atoms with Crippen molar-refractivity contribution in [3.05, 3.63) is 48.2 Å². The third-order valence-electron chi connectivity index (χ3n) is 5.23. The van der Waals surface area contributed by atoms with E-state index in [1.807, 2.05) is 4.90 Å². The van der Waals surface area contributed by atoms with Gasteiger partial charge in [0.2, 0.25) is 5.91 Å². The van der Waals surface area contributed by atoms with Crippen LogP contribution in [-0.4, -0.2) is 50.4 Å². The minimum atomic E-state index is -0.523. The van der Waals surface area contributed by atoms with Crippen molar-refractivity contribution in [2.45, 2.75) is 19.3 Å². The van der Waals surface area contributed by atoms with Crippen LogP contribution in [0.3, 0.4) is 0 Å². The molecule has 3 aromatic rings. The lowest BCUT2D eigenvalue weighted by atomic mass is 9.97. The molecule has 0 aliphatic carbocycles. The van der Waals surface area contributed by atoms with E-state index in [2.05, 4.69) is 31.8 Å². The van der Waals surface area contributed by atoms with Crippen LogP contribution in [0.5, 0.6) is 0 Å². The lowest BCUT2D eigenvalue weighted by Crippen LogP contribution is -2.41. The number of carbonyl (C=O) groups excluding carboxylic acids is 1. The van der Waals surface area contributed by atoms with E-state index in [4.69, 9.17) is 11.6 Å². The number of nitrogens with zero attached hydrogens (tertiary/aromatic N) is 4. The van der Waals surface area contributed by atoms with Gasteiger partial charge in [0.1, 0.15) is 5.65 Å². The molecule has 2 N–H and O–H groups in total. The number of H-pyrrole nitrogens is 1. The van der Waals surface area contributed by atoms with E-state index in [0.29, 0.717) is 41.6 Å². The smallest absolute Gasteiger partial charge is 0.226 e. The Balaban J connectivity index is 1.49. The highest BCUT2D eigenvalue weighted by atomic mass is 35.5. The summed E-state index contributed by atoms with van der Waals surface area (Å²) in [4.78, 5) is 29.8. The van der Waals surface area contributed by atoms with E-state index in [-0.39, 0.29) is 17.6 Å². The largest absolute Gasteiger partial charge is 0.367 e. The molecule has 1 atom stereocenters. The number of nitrogens with one attached hydrogen (secondary N) is 2. The summed E-state index contributed by atoms with van der Waals surface area (Å²) >= 11 is 6.06. The number of rotatable bonds is 6. The van der Waals surface area contributed by atoms with Gasteiger partial charge in [-0.1, -0.05) is 17.7 Å². The van der Waals surface area contributed by atoms with Gasteiger partial charge >= 0.3 is 0 Å². The fourth-order valence-corrected chi connectivity index (χ4v) is 3.89. The van der Waals surface area contributed by atoms with Gasteiger partial charge in [0.05, 0.1) is 11.2 Å². The average molecular weight is 429 g/mol. The average Bonchev–Trinajstić information content (AvgIpc) is 3.16. The Morgan fingerprint density at radius 1 is 1.43 bits per heavy atom. The second kappa shape index (κ2) is 8.79. The first kappa shape index (κ1) is 20.3. The topological polar surface area (TPSA) is 86.8 Å². The Morgan fingerprint density at radius 2 is 2.30 bits per heavy atom. The summed E-state index contributed by atoms with van der Waals surface area (Å²) in [5, 5.41) is 4.36. The SMILES string of the molecule is C=CCC(=O)N1CCC[C@@H](CNc2nc(-c3c[nH]c4ncc(Cl)cc34)ncc2F)C1. The maximum atomic E-state index is 14.3. The Morgan fingerprint density at radius 3 is 3.13 bits per heavy atom. The number of aromatic nitrogens is 4. The van der Waals surface area contributed by atoms with Crippen LogP contribution in [0, 0.1) is 11.7 Å². The van der Waals surface area contributed by atoms with Gasteiger partial charge in [0.15, 0.2) is 17.5 Å². The van der Waals surface area contributed by atoms with Crippen molar-refractivity contribution in [2.75, 3.05) is 25.0 Å². The van der Waals surface area contributed by atoms with Crippen LogP contribution < -0.4 is 5.32 Å². The maximum Gasteiger partial charge on any atom is 0.226 e. The van der Waals surface area contributed by atoms with Crippen molar-refractivity contribution in [2.24, 2.45) is 5.92 Å². The van der Waals surface area contributed by atoms with E-state index in [1.165, 1.54) is 0 Å². The highest BCUT2D eigenvalue weighted by molar-refractivity contribution is 6.31. The van der Waals surface area contributed by atoms with Crippen LogP contribution >= 0.6 is 11.6 Å². The molecule has 7 nitrogen and oxygen atoms in total. The van der Waals surface area contributed by atoms with Crippen LogP contribution in [-0.2, 0) is 4.79 Å². The zero-order valence-corrected chi connectivity index (χ0v) is 17.1. The van der Waals surface area contributed by atoms with Crippen LogP contribution in [0.4, 0.5) is 10.2 Å². The molecule has 4 heterocycles. The fraction of sp³-hybridized carbons (Fsp3) is 0.333. The molecule has 1 aliphatic rings. The molecule has 156 valence electrons. The Kier molecular flexibility index (Phi) is 5.94. The van der Waals surface area contributed by atoms with Gasteiger partial charge in [-0.05, 0) is 24.8 Å². The predicted octanol–water partition coefficient (Wildman–Crippen LogP) is 4.04. The van der Waals surface area contributed by atoms with Crippen molar-refractivity contribution in [1.29, 1.82) is 0 Å². The number of amides is 1. The normalized spacial score (nSPS) is 16.6. The molecule has 0 unspecified atom stereocenters. The summed E-state index contributed by atoms with van der Waals surface area (Å²) in [5.41, 5.74) is 1.35. The minimum Gasteiger partial charge on any atom is -0.367 e. The van der Waals surface area contributed by atoms with Crippen molar-refractivity contribution in [1.82, 2.24) is 24.8 Å². The van der Waals surface area contributed by atoms with Crippen molar-refractivity contribution >= 4 is 34.4 Å². The number of piperidine rings is 1. The molecule has 1 saturated heterocycles. The molecular weight excluding hydrogens is 407 g/mol. The molecule has 1 amide bonds. The Labute approximate surface area is 178 Å². The summed E-state index contributed by atoms with van der Waals surface area (Å²) in [7, 11) is 0. The first-order valence-electron chi connectivity index (χ1n) is 9.83. The number of hydrogen-bond donors (Lipinski definition) is 2. The highest BCUT2D eigenvalue weighted by Crippen LogP contribution is 2.28. The van der Waals surface area contributed by atoms with Crippen LogP contribution in [0.15, 0.2) is 37.3 Å². The van der Waals surface area contributed by atoms with Crippen molar-refractivity contribution < 1.29 is 9.18 Å². The molecule has 1 aliphatic heterocycles. The quantitative estimate of drug-likeness (QED) is 0.578. The number of halogens is 2. The van der Waals surface area contributed by atoms with E-state index in [1.54, 1.807) is 24.5 Å². The summed E-state index contributed by atoms with van der Waals surface area (Å²) in [6, 6.07) is 1.77. The zero-order chi connectivity index (χ0) is 21.1. The third-order valence-corrected chi connectivity index (χ3v) is 5.44. The van der Waals surface area contributed by atoms with E-state index in [9.17, 15) is 9.18 Å². The number of carbonyl (C=O) groups is 1. The number of pyridine rings is 1. The lowest BCUT2D eigenvalue weighted by Gasteiger charge is -2.32. The number of hydrogen-bond acceptors (Lipinski definition) is 5. The van der Waals surface area contributed by atoms with Gasteiger partial charge in [0, 0.05) is 49.4 Å². The van der Waals surface area contributed by atoms with Gasteiger partial charge in [-0.3, -0.25) is 4.79 Å². The predicted molar refractivity (Wildman–Crippen MR) is 115 cm³/mol. The monoisotopic (exact) mass is 428 g/mol. The number of likely N-dealkylation sites (tertiary alicyclic amines) is 1. The van der Waals surface area contributed by atoms with Gasteiger partial charge < -0.3 is 15.2 Å². The summed E-state index contributed by atoms with van der Waals surface area (Å²) in [6.07, 6.45) is 8.29. The van der Waals surface area contributed by atoms with E-state index >= 15 is 0 Å². The Bertz CT molecular complexity index is 1080. The molecule has 9 heteroatoms. The van der Waals surface area contributed by atoms with Gasteiger partial charge in [-0.15, -0.1) is 6.58 Å². The molecule has 0 aromatic carbocycles. The first-order chi connectivity index (χ1) is 14.5. The van der Waals surface area contributed by atoms with Crippen molar-refractivity contribution in [3.63, 3.8) is 0 Å². The number of anilines is 1. The molecule has 0 bridgehead atoms. The third kappa shape index (κ3) is 4.28. The van der Waals surface area contributed by atoms with Crippen LogP contribution in [0.1, 0.15) is 19.3 Å². The summed E-state index contributed by atoms with van der Waals surface area (Å²) in [6.45, 7) is 5.55. The lowest BCUT2D eigenvalue weighted by molar-refractivity contribution is -0.131. The fourth-order valence-electron chi connectivity index (χ4n) is 3.74. The summed E-state index contributed by atoms with van der Waals surface area (Å²) in [5.74, 6) is 0.294. The molecule has 30 heavy (non-hydrogen) atoms. The van der Waals surface area contributed by atoms with E-state index < -0.39 is 5.82 Å². The minimum absolute atomic E-state index is 0.0804. The second-order valence-electron chi connectivity index (χ2n) is 7.36. The van der Waals surface area contributed by atoms with Crippen LogP contribution in [0.2, 0.25) is 5.02 Å². The second-order valence-corrected chi connectivity index (χ2v) is 7.80.